The van der Waals surface area contributed by atoms with Gasteiger partial charge in [0.25, 0.3) is 0 Å². The Hall–Kier alpha value is -0.253. The number of hydrogen-bond donors (Lipinski definition) is 0. The van der Waals surface area contributed by atoms with E-state index in [-0.39, 0.29) is 10.0 Å². The summed E-state index contributed by atoms with van der Waals surface area (Å²) in [6, 6.07) is 5.03. The first kappa shape index (κ1) is 9.83. The first-order chi connectivity index (χ1) is 5.70. The van der Waals surface area contributed by atoms with Crippen LogP contribution in [0.4, 0.5) is 0 Å². The van der Waals surface area contributed by atoms with Crippen molar-refractivity contribution in [3.63, 3.8) is 0 Å². The van der Waals surface area contributed by atoms with Crippen molar-refractivity contribution in [3.05, 3.63) is 34.7 Å². The molecule has 64 valence electrons. The molecule has 0 aliphatic heterocycles. The van der Waals surface area contributed by atoms with E-state index in [1.165, 1.54) is 6.07 Å². The molecule has 0 bridgehead atoms. The number of halogens is 2. The van der Waals surface area contributed by atoms with Crippen LogP contribution in [0, 0.1) is 0 Å². The third kappa shape index (κ3) is 3.01. The third-order valence-electron chi connectivity index (χ3n) is 1.31. The van der Waals surface area contributed by atoms with E-state index in [0.717, 1.165) is 0 Å². The molecule has 0 aliphatic rings. The summed E-state index contributed by atoms with van der Waals surface area (Å²) in [5.41, 5.74) is -0.0148. The van der Waals surface area contributed by atoms with Gasteiger partial charge in [-0.2, -0.15) is 0 Å². The molecule has 1 aromatic rings. The van der Waals surface area contributed by atoms with Gasteiger partial charge < -0.3 is 4.57 Å². The quantitative estimate of drug-likeness (QED) is 0.555. The highest BCUT2D eigenvalue weighted by atomic mass is 35.5. The molecule has 2 nitrogen and oxygen atoms in total. The van der Waals surface area contributed by atoms with E-state index in [9.17, 15) is 4.79 Å². The maximum atomic E-state index is 11.1. The SMILES string of the molecule is O=c1ccccn1C[Si]C(Cl)Cl. The Bertz CT molecular complexity index is 299. The van der Waals surface area contributed by atoms with Crippen LogP contribution >= 0.6 is 23.2 Å². The summed E-state index contributed by atoms with van der Waals surface area (Å²) >= 11 is 11.1. The normalized spacial score (nSPS) is 10.6. The average molecular weight is 220 g/mol. The summed E-state index contributed by atoms with van der Waals surface area (Å²) in [5, 5.41) is 0. The molecule has 0 atom stereocenters. The van der Waals surface area contributed by atoms with E-state index in [0.29, 0.717) is 15.7 Å². The van der Waals surface area contributed by atoms with E-state index < -0.39 is 0 Å². The van der Waals surface area contributed by atoms with Crippen molar-refractivity contribution in [1.82, 2.24) is 4.57 Å². The molecule has 0 fully saturated rings. The average Bonchev–Trinajstić information content (AvgIpc) is 2.03. The zero-order valence-electron chi connectivity index (χ0n) is 6.21. The van der Waals surface area contributed by atoms with E-state index in [2.05, 4.69) is 0 Å². The molecule has 12 heavy (non-hydrogen) atoms. The van der Waals surface area contributed by atoms with E-state index in [4.69, 9.17) is 23.2 Å². The van der Waals surface area contributed by atoms with Crippen molar-refractivity contribution in [2.75, 3.05) is 0 Å². The molecule has 0 saturated heterocycles. The summed E-state index contributed by atoms with van der Waals surface area (Å²) < 4.78 is 1.22. The van der Waals surface area contributed by atoms with Gasteiger partial charge in [-0.25, -0.2) is 0 Å². The molecular formula is C7H7Cl2NOSi. The van der Waals surface area contributed by atoms with Gasteiger partial charge in [-0.3, -0.25) is 4.79 Å². The highest BCUT2D eigenvalue weighted by Gasteiger charge is 2.01. The minimum Gasteiger partial charge on any atom is -0.319 e. The Kier molecular flexibility index (Phi) is 3.85. The molecule has 1 heterocycles. The lowest BCUT2D eigenvalue weighted by Gasteiger charge is -2.02. The van der Waals surface area contributed by atoms with Gasteiger partial charge in [-0.05, 0) is 6.07 Å². The Labute approximate surface area is 82.9 Å². The minimum absolute atomic E-state index is 0.0148. The molecule has 1 rings (SSSR count). The van der Waals surface area contributed by atoms with Crippen molar-refractivity contribution in [3.8, 4) is 0 Å². The number of pyridine rings is 1. The number of hydrogen-bond acceptors (Lipinski definition) is 1. The summed E-state index contributed by atoms with van der Waals surface area (Å²) in [6.45, 7) is 0. The van der Waals surface area contributed by atoms with Crippen LogP contribution in [-0.2, 0) is 6.17 Å². The van der Waals surface area contributed by atoms with Gasteiger partial charge in [0.1, 0.15) is 9.52 Å². The van der Waals surface area contributed by atoms with Gasteiger partial charge in [0.2, 0.25) is 5.56 Å². The highest BCUT2D eigenvalue weighted by Crippen LogP contribution is 1.98. The van der Waals surface area contributed by atoms with Crippen molar-refractivity contribution in [2.45, 2.75) is 10.6 Å². The molecule has 0 aromatic carbocycles. The summed E-state index contributed by atoms with van der Waals surface area (Å²) in [6.07, 6.45) is 2.32. The number of nitrogens with zero attached hydrogens (tertiary/aromatic N) is 1. The second kappa shape index (κ2) is 4.69. The fraction of sp³-hybridized carbons (Fsp3) is 0.286. The van der Waals surface area contributed by atoms with Crippen molar-refractivity contribution in [2.24, 2.45) is 0 Å². The molecule has 0 saturated carbocycles. The third-order valence-corrected chi connectivity index (χ3v) is 3.07. The fourth-order valence-corrected chi connectivity index (χ4v) is 1.77. The maximum Gasteiger partial charge on any atom is 0.250 e. The Morgan fingerprint density at radius 2 is 2.25 bits per heavy atom. The summed E-state index contributed by atoms with van der Waals surface area (Å²) in [5.74, 6) is 0. The number of alkyl halides is 2. The van der Waals surface area contributed by atoms with Crippen molar-refractivity contribution in [1.29, 1.82) is 0 Å². The molecule has 0 aliphatic carbocycles. The topological polar surface area (TPSA) is 22.0 Å². The molecule has 0 unspecified atom stereocenters. The van der Waals surface area contributed by atoms with Crippen LogP contribution in [0.2, 0.25) is 0 Å². The molecule has 5 heteroatoms. The predicted octanol–water partition coefficient (Wildman–Crippen LogP) is 1.27. The van der Waals surface area contributed by atoms with Gasteiger partial charge in [-0.1, -0.05) is 6.07 Å². The van der Waals surface area contributed by atoms with Crippen molar-refractivity contribution >= 4 is 32.7 Å². The van der Waals surface area contributed by atoms with E-state index in [1.807, 2.05) is 6.07 Å². The Morgan fingerprint density at radius 1 is 1.50 bits per heavy atom. The van der Waals surface area contributed by atoms with Crippen LogP contribution in [0.15, 0.2) is 29.2 Å². The number of aromatic nitrogens is 1. The monoisotopic (exact) mass is 219 g/mol. The van der Waals surface area contributed by atoms with Crippen LogP contribution in [0.5, 0.6) is 0 Å². The van der Waals surface area contributed by atoms with Crippen molar-refractivity contribution < 1.29 is 0 Å². The lowest BCUT2D eigenvalue weighted by molar-refractivity contribution is 0.823. The highest BCUT2D eigenvalue weighted by molar-refractivity contribution is 6.68. The molecule has 0 N–H and O–H groups in total. The zero-order valence-corrected chi connectivity index (χ0v) is 8.72. The standard InChI is InChI=1S/C7H7Cl2NOSi/c8-7(9)12-5-10-4-2-1-3-6(10)11/h1-4,7H,5H2. The number of rotatable bonds is 3. The second-order valence-electron chi connectivity index (χ2n) is 2.17. The zero-order chi connectivity index (χ0) is 8.97. The van der Waals surface area contributed by atoms with Crippen LogP contribution in [0.3, 0.4) is 0 Å². The van der Waals surface area contributed by atoms with Gasteiger partial charge in [0.15, 0.2) is 0 Å². The largest absolute Gasteiger partial charge is 0.319 e. The van der Waals surface area contributed by atoms with Crippen LogP contribution < -0.4 is 5.56 Å². The van der Waals surface area contributed by atoms with Gasteiger partial charge >= 0.3 is 0 Å². The molecule has 2 radical (unpaired) electrons. The molecule has 0 spiro atoms. The van der Waals surface area contributed by atoms with Crippen LogP contribution in [0.25, 0.3) is 0 Å². The smallest absolute Gasteiger partial charge is 0.250 e. The predicted molar refractivity (Wildman–Crippen MR) is 52.0 cm³/mol. The van der Waals surface area contributed by atoms with Gasteiger partial charge in [0.05, 0.1) is 4.46 Å². The Balaban J connectivity index is 2.64. The van der Waals surface area contributed by atoms with Crippen LogP contribution in [-0.4, -0.2) is 18.5 Å². The lowest BCUT2D eigenvalue weighted by Crippen LogP contribution is -2.23. The second-order valence-corrected chi connectivity index (χ2v) is 5.30. The molecule has 1 aromatic heterocycles. The summed E-state index contributed by atoms with van der Waals surface area (Å²) in [7, 11) is 0.356. The first-order valence-corrected chi connectivity index (χ1v) is 5.53. The van der Waals surface area contributed by atoms with Gasteiger partial charge in [0, 0.05) is 18.4 Å². The van der Waals surface area contributed by atoms with Crippen LogP contribution in [0.1, 0.15) is 0 Å². The fourth-order valence-electron chi connectivity index (χ4n) is 0.759. The molecular weight excluding hydrogens is 213 g/mol. The van der Waals surface area contributed by atoms with Gasteiger partial charge in [-0.15, -0.1) is 23.2 Å². The first-order valence-electron chi connectivity index (χ1n) is 3.37. The van der Waals surface area contributed by atoms with E-state index >= 15 is 0 Å². The lowest BCUT2D eigenvalue weighted by atomic mass is 10.5. The minimum atomic E-state index is -0.378. The Morgan fingerprint density at radius 3 is 2.83 bits per heavy atom. The maximum absolute atomic E-state index is 11.1. The molecule has 0 amide bonds. The van der Waals surface area contributed by atoms with E-state index in [1.54, 1.807) is 16.8 Å². The summed E-state index contributed by atoms with van der Waals surface area (Å²) in [4.78, 5) is 11.1.